The van der Waals surface area contributed by atoms with E-state index >= 15 is 0 Å². The molecule has 2 aromatic rings. The van der Waals surface area contributed by atoms with Gasteiger partial charge in [0.15, 0.2) is 0 Å². The first-order chi connectivity index (χ1) is 9.89. The summed E-state index contributed by atoms with van der Waals surface area (Å²) in [5.74, 6) is -0.208. The summed E-state index contributed by atoms with van der Waals surface area (Å²) in [6, 6.07) is 6.50. The Labute approximate surface area is 124 Å². The van der Waals surface area contributed by atoms with Crippen molar-refractivity contribution in [2.75, 3.05) is 0 Å². The molecule has 0 aliphatic rings. The van der Waals surface area contributed by atoms with Crippen LogP contribution in [0.4, 0.5) is 4.39 Å². The molecule has 0 aliphatic heterocycles. The molecule has 0 amide bonds. The number of hydrogen-bond acceptors (Lipinski definition) is 3. The zero-order valence-corrected chi connectivity index (χ0v) is 12.7. The van der Waals surface area contributed by atoms with Crippen LogP contribution < -0.4 is 0 Å². The highest BCUT2D eigenvalue weighted by atomic mass is 19.1. The van der Waals surface area contributed by atoms with Crippen molar-refractivity contribution in [2.24, 2.45) is 5.41 Å². The molecule has 0 fully saturated rings. The van der Waals surface area contributed by atoms with E-state index < -0.39 is 6.10 Å². The lowest BCUT2D eigenvalue weighted by Gasteiger charge is -2.33. The van der Waals surface area contributed by atoms with Crippen molar-refractivity contribution in [3.05, 3.63) is 48.3 Å². The second kappa shape index (κ2) is 6.35. The maximum Gasteiger partial charge on any atom is 0.137 e. The summed E-state index contributed by atoms with van der Waals surface area (Å²) in [7, 11) is 0. The number of halogens is 1. The largest absolute Gasteiger partial charge is 0.390 e. The number of aromatic nitrogens is 3. The molecule has 1 aromatic heterocycles. The van der Waals surface area contributed by atoms with E-state index in [1.54, 1.807) is 23.1 Å². The van der Waals surface area contributed by atoms with Crippen LogP contribution in [0, 0.1) is 11.2 Å². The van der Waals surface area contributed by atoms with Crippen LogP contribution in [0.15, 0.2) is 36.9 Å². The van der Waals surface area contributed by atoms with Gasteiger partial charge < -0.3 is 5.11 Å². The second-order valence-electron chi connectivity index (χ2n) is 6.38. The fraction of sp³-hybridized carbons (Fsp3) is 0.500. The van der Waals surface area contributed by atoms with Gasteiger partial charge in [-0.15, -0.1) is 0 Å². The number of aryl methyl sites for hydroxylation is 1. The number of rotatable bonds is 5. The van der Waals surface area contributed by atoms with Crippen LogP contribution in [0.25, 0.3) is 0 Å². The minimum Gasteiger partial charge on any atom is -0.390 e. The van der Waals surface area contributed by atoms with Crippen molar-refractivity contribution >= 4 is 0 Å². The maximum absolute atomic E-state index is 13.7. The number of hydrogen-bond donors (Lipinski definition) is 1. The molecule has 1 heterocycles. The lowest BCUT2D eigenvalue weighted by atomic mass is 9.83. The Balaban J connectivity index is 2.16. The average molecular weight is 291 g/mol. The van der Waals surface area contributed by atoms with Crippen molar-refractivity contribution in [3.8, 4) is 0 Å². The third-order valence-corrected chi connectivity index (χ3v) is 3.70. The Morgan fingerprint density at radius 1 is 1.29 bits per heavy atom. The van der Waals surface area contributed by atoms with Gasteiger partial charge in [-0.1, -0.05) is 39.0 Å². The molecular weight excluding hydrogens is 269 g/mol. The zero-order chi connectivity index (χ0) is 15.5. The van der Waals surface area contributed by atoms with Crippen LogP contribution in [0.3, 0.4) is 0 Å². The molecule has 0 bridgehead atoms. The fourth-order valence-corrected chi connectivity index (χ4v) is 2.41. The van der Waals surface area contributed by atoms with E-state index in [1.165, 1.54) is 12.4 Å². The van der Waals surface area contributed by atoms with Crippen molar-refractivity contribution in [2.45, 2.75) is 45.8 Å². The second-order valence-corrected chi connectivity index (χ2v) is 6.38. The normalized spacial score (nSPS) is 14.9. The van der Waals surface area contributed by atoms with E-state index in [1.807, 2.05) is 26.8 Å². The molecule has 0 saturated carbocycles. The zero-order valence-electron chi connectivity index (χ0n) is 12.7. The lowest BCUT2D eigenvalue weighted by molar-refractivity contribution is 0.00938. The Morgan fingerprint density at radius 2 is 2.00 bits per heavy atom. The molecule has 2 atom stereocenters. The van der Waals surface area contributed by atoms with Crippen LogP contribution in [-0.2, 0) is 6.42 Å². The van der Waals surface area contributed by atoms with Gasteiger partial charge in [-0.2, -0.15) is 5.10 Å². The number of nitrogens with zero attached hydrogens (tertiary/aromatic N) is 3. The van der Waals surface area contributed by atoms with Crippen molar-refractivity contribution in [3.63, 3.8) is 0 Å². The summed E-state index contributed by atoms with van der Waals surface area (Å²) in [6.45, 7) is 5.93. The molecule has 5 heteroatoms. The topological polar surface area (TPSA) is 50.9 Å². The van der Waals surface area contributed by atoms with E-state index in [4.69, 9.17) is 0 Å². The summed E-state index contributed by atoms with van der Waals surface area (Å²) < 4.78 is 15.4. The van der Waals surface area contributed by atoms with Gasteiger partial charge in [0.05, 0.1) is 12.1 Å². The van der Waals surface area contributed by atoms with Gasteiger partial charge >= 0.3 is 0 Å². The summed E-state index contributed by atoms with van der Waals surface area (Å²) in [4.78, 5) is 3.95. The van der Waals surface area contributed by atoms with Gasteiger partial charge in [0.25, 0.3) is 0 Å². The fourth-order valence-electron chi connectivity index (χ4n) is 2.41. The van der Waals surface area contributed by atoms with Crippen LogP contribution in [-0.4, -0.2) is 26.0 Å². The van der Waals surface area contributed by atoms with Crippen LogP contribution >= 0.6 is 0 Å². The standard InChI is InChI=1S/C16H22FN3O/c1-16(2,3)15(21)14(20-11-18-10-19-20)9-8-12-6-4-5-7-13(12)17/h4-7,10-11,14-15,21H,8-9H2,1-3H3. The van der Waals surface area contributed by atoms with Crippen LogP contribution in [0.1, 0.15) is 38.8 Å². The van der Waals surface area contributed by atoms with E-state index in [0.29, 0.717) is 18.4 Å². The molecule has 0 aliphatic carbocycles. The molecule has 2 unspecified atom stereocenters. The third-order valence-electron chi connectivity index (χ3n) is 3.70. The monoisotopic (exact) mass is 291 g/mol. The molecule has 2 rings (SSSR count). The van der Waals surface area contributed by atoms with Crippen molar-refractivity contribution in [1.29, 1.82) is 0 Å². The molecular formula is C16H22FN3O. The quantitative estimate of drug-likeness (QED) is 0.921. The minimum absolute atomic E-state index is 0.208. The Kier molecular flexibility index (Phi) is 4.73. The van der Waals surface area contributed by atoms with Gasteiger partial charge in [0.2, 0.25) is 0 Å². The summed E-state index contributed by atoms with van der Waals surface area (Å²) in [5, 5.41) is 14.7. The number of aliphatic hydroxyl groups excluding tert-OH is 1. The van der Waals surface area contributed by atoms with E-state index in [-0.39, 0.29) is 17.3 Å². The predicted molar refractivity (Wildman–Crippen MR) is 79.2 cm³/mol. The van der Waals surface area contributed by atoms with E-state index in [0.717, 1.165) is 0 Å². The van der Waals surface area contributed by atoms with Gasteiger partial charge in [-0.05, 0) is 29.9 Å². The van der Waals surface area contributed by atoms with E-state index in [2.05, 4.69) is 10.1 Å². The molecule has 4 nitrogen and oxygen atoms in total. The first-order valence-electron chi connectivity index (χ1n) is 7.15. The van der Waals surface area contributed by atoms with Crippen LogP contribution in [0.2, 0.25) is 0 Å². The van der Waals surface area contributed by atoms with Gasteiger partial charge in [0, 0.05) is 0 Å². The van der Waals surface area contributed by atoms with Crippen molar-refractivity contribution in [1.82, 2.24) is 14.8 Å². The predicted octanol–water partition coefficient (Wildman–Crippen LogP) is 3.00. The molecule has 21 heavy (non-hydrogen) atoms. The van der Waals surface area contributed by atoms with Crippen molar-refractivity contribution < 1.29 is 9.50 Å². The highest BCUT2D eigenvalue weighted by Gasteiger charge is 2.32. The number of aliphatic hydroxyl groups is 1. The third kappa shape index (κ3) is 3.88. The van der Waals surface area contributed by atoms with Gasteiger partial charge in [-0.3, -0.25) is 0 Å². The Morgan fingerprint density at radius 3 is 2.57 bits per heavy atom. The molecule has 0 spiro atoms. The molecule has 1 N–H and O–H groups in total. The Hall–Kier alpha value is -1.75. The first kappa shape index (κ1) is 15.6. The molecule has 0 saturated heterocycles. The van der Waals surface area contributed by atoms with Crippen LogP contribution in [0.5, 0.6) is 0 Å². The average Bonchev–Trinajstić information content (AvgIpc) is 2.93. The van der Waals surface area contributed by atoms with Gasteiger partial charge in [0.1, 0.15) is 18.5 Å². The minimum atomic E-state index is -0.592. The first-order valence-corrected chi connectivity index (χ1v) is 7.15. The summed E-state index contributed by atoms with van der Waals surface area (Å²) in [5.41, 5.74) is 0.370. The smallest absolute Gasteiger partial charge is 0.137 e. The lowest BCUT2D eigenvalue weighted by Crippen LogP contribution is -2.36. The van der Waals surface area contributed by atoms with E-state index in [9.17, 15) is 9.50 Å². The summed E-state index contributed by atoms with van der Waals surface area (Å²) in [6.07, 6.45) is 3.60. The summed E-state index contributed by atoms with van der Waals surface area (Å²) >= 11 is 0. The highest BCUT2D eigenvalue weighted by molar-refractivity contribution is 5.17. The Bertz CT molecular complexity index is 563. The highest BCUT2D eigenvalue weighted by Crippen LogP contribution is 2.31. The molecule has 0 radical (unpaired) electrons. The maximum atomic E-state index is 13.7. The SMILES string of the molecule is CC(C)(C)C(O)C(CCc1ccccc1F)n1cncn1. The molecule has 1 aromatic carbocycles. The number of benzene rings is 1. The molecule has 114 valence electrons. The van der Waals surface area contributed by atoms with Gasteiger partial charge in [-0.25, -0.2) is 14.1 Å².